The molecule has 2 atom stereocenters. The molecule has 0 spiro atoms. The van der Waals surface area contributed by atoms with Gasteiger partial charge in [-0.1, -0.05) is 6.07 Å². The Morgan fingerprint density at radius 1 is 1.06 bits per heavy atom. The smallest absolute Gasteiger partial charge is 0.342 e. The van der Waals surface area contributed by atoms with Crippen LogP contribution in [0.3, 0.4) is 0 Å². The number of hydrogen-bond donors (Lipinski definition) is 1. The summed E-state index contributed by atoms with van der Waals surface area (Å²) in [7, 11) is 0.902. The number of carbonyl (C=O) groups is 1. The molecule has 10 nitrogen and oxygen atoms in total. The van der Waals surface area contributed by atoms with Gasteiger partial charge in [0.25, 0.3) is 0 Å². The quantitative estimate of drug-likeness (QED) is 0.426. The second kappa shape index (κ2) is 9.08. The average molecular weight is 480 g/mol. The highest BCUT2D eigenvalue weighted by Gasteiger charge is 2.46. The van der Waals surface area contributed by atoms with Crippen LogP contribution in [0.15, 0.2) is 24.3 Å². The van der Waals surface area contributed by atoms with Gasteiger partial charge in [0.15, 0.2) is 23.0 Å². The number of rotatable bonds is 9. The number of nitrogens with one attached hydrogen (secondary N) is 1. The highest BCUT2D eigenvalue weighted by Crippen LogP contribution is 2.56. The number of carbonyl (C=O) groups excluding carboxylic acids is 1. The SMILES string of the molecule is COC(=O)c1c(C2OC2c2cc3c(cc2CCNS(C)(=O)=O)OCO3)ccc(OC)c1OC. The van der Waals surface area contributed by atoms with Crippen molar-refractivity contribution in [2.75, 3.05) is 40.9 Å². The van der Waals surface area contributed by atoms with Gasteiger partial charge < -0.3 is 28.4 Å². The number of sulfonamides is 1. The first kappa shape index (κ1) is 23.1. The molecule has 2 heterocycles. The standard InChI is InChI=1S/C22H25NO9S/c1-27-15-6-5-13(18(21(15)28-2)22(24)29-3)19-20(32-19)14-10-17-16(30-11-31-17)9-12(14)7-8-23-33(4,25)26/h5-6,9-10,19-20,23H,7-8,11H2,1-4H3. The molecule has 178 valence electrons. The van der Waals surface area contributed by atoms with Gasteiger partial charge in [0, 0.05) is 12.1 Å². The normalized spacial score (nSPS) is 18.7. The second-order valence-corrected chi connectivity index (χ2v) is 9.39. The largest absolute Gasteiger partial charge is 0.493 e. The molecular formula is C22H25NO9S. The van der Waals surface area contributed by atoms with Gasteiger partial charge in [0.05, 0.1) is 27.6 Å². The first-order chi connectivity index (χ1) is 15.8. The van der Waals surface area contributed by atoms with E-state index in [9.17, 15) is 13.2 Å². The van der Waals surface area contributed by atoms with E-state index in [0.717, 1.165) is 17.4 Å². The topological polar surface area (TPSA) is 122 Å². The van der Waals surface area contributed by atoms with Gasteiger partial charge >= 0.3 is 5.97 Å². The summed E-state index contributed by atoms with van der Waals surface area (Å²) in [6.07, 6.45) is 0.704. The van der Waals surface area contributed by atoms with Gasteiger partial charge in [-0.05, 0) is 35.7 Å². The Kier molecular flexibility index (Phi) is 6.37. The predicted octanol–water partition coefficient (Wildman–Crippen LogP) is 2.12. The van der Waals surface area contributed by atoms with Crippen LogP contribution in [-0.4, -0.2) is 55.3 Å². The molecule has 0 aromatic heterocycles. The zero-order valence-corrected chi connectivity index (χ0v) is 19.5. The first-order valence-electron chi connectivity index (χ1n) is 10.1. The van der Waals surface area contributed by atoms with E-state index in [-0.39, 0.29) is 30.8 Å². The van der Waals surface area contributed by atoms with Crippen molar-refractivity contribution in [1.82, 2.24) is 4.72 Å². The summed E-state index contributed by atoms with van der Waals surface area (Å²) in [6.45, 7) is 0.323. The maximum atomic E-state index is 12.6. The lowest BCUT2D eigenvalue weighted by Gasteiger charge is -2.15. The molecule has 0 radical (unpaired) electrons. The number of fused-ring (bicyclic) bond motifs is 1. The molecule has 1 fully saturated rings. The zero-order valence-electron chi connectivity index (χ0n) is 18.7. The summed E-state index contributed by atoms with van der Waals surface area (Å²) in [5, 5.41) is 0. The first-order valence-corrected chi connectivity index (χ1v) is 12.0. The Hall–Kier alpha value is -3.02. The Bertz CT molecular complexity index is 1180. The summed E-state index contributed by atoms with van der Waals surface area (Å²) in [6, 6.07) is 7.11. The van der Waals surface area contributed by atoms with Crippen LogP contribution in [0.5, 0.6) is 23.0 Å². The Balaban J connectivity index is 1.68. The summed E-state index contributed by atoms with van der Waals surface area (Å²) in [5.41, 5.74) is 2.50. The van der Waals surface area contributed by atoms with Crippen molar-refractivity contribution < 1.29 is 41.6 Å². The molecule has 0 amide bonds. The molecule has 1 N–H and O–H groups in total. The number of ether oxygens (including phenoxy) is 6. The minimum absolute atomic E-state index is 0.108. The maximum absolute atomic E-state index is 12.6. The number of esters is 1. The summed E-state index contributed by atoms with van der Waals surface area (Å²) in [5.74, 6) is 1.26. The molecule has 1 saturated heterocycles. The van der Waals surface area contributed by atoms with Gasteiger partial charge in [-0.25, -0.2) is 17.9 Å². The van der Waals surface area contributed by atoms with E-state index < -0.39 is 22.1 Å². The van der Waals surface area contributed by atoms with Gasteiger partial charge in [0.1, 0.15) is 17.8 Å². The van der Waals surface area contributed by atoms with E-state index in [1.165, 1.54) is 21.3 Å². The molecule has 0 bridgehead atoms. The molecule has 0 aliphatic carbocycles. The van der Waals surface area contributed by atoms with Crippen molar-refractivity contribution in [3.05, 3.63) is 46.5 Å². The highest BCUT2D eigenvalue weighted by atomic mass is 32.2. The summed E-state index contributed by atoms with van der Waals surface area (Å²) >= 11 is 0. The minimum Gasteiger partial charge on any atom is -0.493 e. The van der Waals surface area contributed by atoms with Crippen molar-refractivity contribution in [1.29, 1.82) is 0 Å². The molecular weight excluding hydrogens is 454 g/mol. The molecule has 2 aliphatic rings. The molecule has 2 aliphatic heterocycles. The van der Waals surface area contributed by atoms with Crippen LogP contribution >= 0.6 is 0 Å². The lowest BCUT2D eigenvalue weighted by atomic mass is 9.94. The van der Waals surface area contributed by atoms with E-state index in [1.54, 1.807) is 12.1 Å². The highest BCUT2D eigenvalue weighted by molar-refractivity contribution is 7.88. The zero-order chi connectivity index (χ0) is 23.8. The van der Waals surface area contributed by atoms with Crippen molar-refractivity contribution in [2.45, 2.75) is 18.6 Å². The van der Waals surface area contributed by atoms with Crippen molar-refractivity contribution >= 4 is 16.0 Å². The third kappa shape index (κ3) is 4.70. The van der Waals surface area contributed by atoms with Crippen molar-refractivity contribution in [2.24, 2.45) is 0 Å². The summed E-state index contributed by atoms with van der Waals surface area (Å²) in [4.78, 5) is 12.6. The van der Waals surface area contributed by atoms with Gasteiger partial charge in [0.2, 0.25) is 16.8 Å². The van der Waals surface area contributed by atoms with Crippen molar-refractivity contribution in [3.63, 3.8) is 0 Å². The molecule has 33 heavy (non-hydrogen) atoms. The van der Waals surface area contributed by atoms with Crippen LogP contribution in [0.4, 0.5) is 0 Å². The average Bonchev–Trinajstić information content (AvgIpc) is 3.45. The molecule has 11 heteroatoms. The Morgan fingerprint density at radius 3 is 2.39 bits per heavy atom. The van der Waals surface area contributed by atoms with E-state index >= 15 is 0 Å². The van der Waals surface area contributed by atoms with Crippen molar-refractivity contribution in [3.8, 4) is 23.0 Å². The number of hydrogen-bond acceptors (Lipinski definition) is 9. The predicted molar refractivity (Wildman–Crippen MR) is 117 cm³/mol. The third-order valence-electron chi connectivity index (χ3n) is 5.46. The fraction of sp³-hybridized carbons (Fsp3) is 0.409. The fourth-order valence-electron chi connectivity index (χ4n) is 3.93. The van der Waals surface area contributed by atoms with E-state index in [2.05, 4.69) is 4.72 Å². The Morgan fingerprint density at radius 2 is 1.76 bits per heavy atom. The molecule has 0 saturated carbocycles. The van der Waals surface area contributed by atoms with E-state index in [0.29, 0.717) is 29.2 Å². The van der Waals surface area contributed by atoms with Crippen LogP contribution in [0.2, 0.25) is 0 Å². The lowest BCUT2D eigenvalue weighted by molar-refractivity contribution is 0.0594. The molecule has 2 aromatic rings. The monoisotopic (exact) mass is 479 g/mol. The minimum atomic E-state index is -3.32. The van der Waals surface area contributed by atoms with Gasteiger partial charge in [-0.15, -0.1) is 0 Å². The lowest BCUT2D eigenvalue weighted by Crippen LogP contribution is -2.24. The number of epoxide rings is 1. The van der Waals surface area contributed by atoms with Crippen LogP contribution < -0.4 is 23.7 Å². The van der Waals surface area contributed by atoms with Crippen LogP contribution in [0.1, 0.15) is 39.3 Å². The third-order valence-corrected chi connectivity index (χ3v) is 6.19. The molecule has 4 rings (SSSR count). The second-order valence-electron chi connectivity index (χ2n) is 7.55. The van der Waals surface area contributed by atoms with Gasteiger partial charge in [-0.2, -0.15) is 0 Å². The number of methoxy groups -OCH3 is 3. The maximum Gasteiger partial charge on any atom is 0.342 e. The van der Waals surface area contributed by atoms with E-state index in [4.69, 9.17) is 28.4 Å². The van der Waals surface area contributed by atoms with Crippen LogP contribution in [-0.2, 0) is 25.9 Å². The van der Waals surface area contributed by atoms with Crippen LogP contribution in [0, 0.1) is 0 Å². The molecule has 2 unspecified atom stereocenters. The fourth-order valence-corrected chi connectivity index (χ4v) is 4.40. The Labute approximate surface area is 191 Å². The number of benzene rings is 2. The van der Waals surface area contributed by atoms with E-state index in [1.807, 2.05) is 12.1 Å². The van der Waals surface area contributed by atoms with Gasteiger partial charge in [-0.3, -0.25) is 0 Å². The molecule has 2 aromatic carbocycles. The summed E-state index contributed by atoms with van der Waals surface area (Å²) < 4.78 is 58.2. The van der Waals surface area contributed by atoms with Crippen LogP contribution in [0.25, 0.3) is 0 Å².